The second-order valence-corrected chi connectivity index (χ2v) is 6.73. The Kier molecular flexibility index (Phi) is 3.77. The number of hydrogen-bond donors (Lipinski definition) is 1. The third-order valence-electron chi connectivity index (χ3n) is 5.07. The van der Waals surface area contributed by atoms with Gasteiger partial charge in [-0.15, -0.1) is 0 Å². The summed E-state index contributed by atoms with van der Waals surface area (Å²) in [5.41, 5.74) is 5.22. The number of rotatable bonds is 1. The molecule has 1 N–H and O–H groups in total. The molecule has 1 amide bonds. The normalized spacial score (nSPS) is 13.8. The van der Waals surface area contributed by atoms with Crippen molar-refractivity contribution >= 4 is 16.8 Å². The smallest absolute Gasteiger partial charge is 0.268 e. The second-order valence-electron chi connectivity index (χ2n) is 6.73. The topological polar surface area (TPSA) is 57.8 Å². The van der Waals surface area contributed by atoms with Gasteiger partial charge in [0.2, 0.25) is 0 Å². The number of halogens is 1. The lowest BCUT2D eigenvalue weighted by molar-refractivity contribution is 0.0951. The third kappa shape index (κ3) is 2.38. The van der Waals surface area contributed by atoms with Crippen LogP contribution in [0.1, 0.15) is 33.6 Å². The van der Waals surface area contributed by atoms with Crippen molar-refractivity contribution in [3.63, 3.8) is 0 Å². The first-order valence-corrected chi connectivity index (χ1v) is 8.63. The van der Waals surface area contributed by atoms with Crippen LogP contribution in [-0.4, -0.2) is 17.0 Å². The summed E-state index contributed by atoms with van der Waals surface area (Å²) < 4.78 is 15.8. The zero-order chi connectivity index (χ0) is 18.4. The van der Waals surface area contributed by atoms with Crippen LogP contribution in [0.5, 0.6) is 0 Å². The summed E-state index contributed by atoms with van der Waals surface area (Å²) in [7, 11) is 0. The fourth-order valence-electron chi connectivity index (χ4n) is 3.79. The highest BCUT2D eigenvalue weighted by molar-refractivity contribution is 6.06. The molecule has 4 rings (SSSR count). The minimum Gasteiger partial charge on any atom is -0.351 e. The van der Waals surface area contributed by atoms with E-state index in [0.717, 1.165) is 40.6 Å². The van der Waals surface area contributed by atoms with Crippen LogP contribution < -0.4 is 5.32 Å². The average molecular weight is 347 g/mol. The average Bonchev–Trinajstić information content (AvgIpc) is 2.78. The van der Waals surface area contributed by atoms with Crippen molar-refractivity contribution in [1.29, 1.82) is 5.26 Å². The highest BCUT2D eigenvalue weighted by atomic mass is 19.1. The minimum absolute atomic E-state index is 0.0871. The number of carbonyl (C=O) groups is 1. The lowest BCUT2D eigenvalue weighted by Crippen LogP contribution is -2.23. The van der Waals surface area contributed by atoms with E-state index >= 15 is 0 Å². The molecule has 4 nitrogen and oxygen atoms in total. The van der Waals surface area contributed by atoms with Gasteiger partial charge in [-0.25, -0.2) is 4.39 Å². The maximum absolute atomic E-state index is 13.7. The summed E-state index contributed by atoms with van der Waals surface area (Å²) >= 11 is 0. The zero-order valence-electron chi connectivity index (χ0n) is 14.7. The first-order valence-electron chi connectivity index (χ1n) is 8.63. The Bertz CT molecular complexity index is 1100. The maximum Gasteiger partial charge on any atom is 0.268 e. The van der Waals surface area contributed by atoms with Crippen molar-refractivity contribution in [2.45, 2.75) is 26.8 Å². The van der Waals surface area contributed by atoms with Gasteiger partial charge in [0.15, 0.2) is 0 Å². The predicted octanol–water partition coefficient (Wildman–Crippen LogP) is 4.07. The van der Waals surface area contributed by atoms with Gasteiger partial charge in [-0.1, -0.05) is 6.07 Å². The number of carbonyl (C=O) groups excluding carboxylic acids is 1. The largest absolute Gasteiger partial charge is 0.351 e. The number of nitriles is 1. The number of benzene rings is 2. The first-order chi connectivity index (χ1) is 12.5. The van der Waals surface area contributed by atoms with E-state index in [0.29, 0.717) is 23.4 Å². The Hall–Kier alpha value is -3.13. The van der Waals surface area contributed by atoms with Crippen molar-refractivity contribution in [3.05, 3.63) is 58.5 Å². The molecule has 0 spiro atoms. The van der Waals surface area contributed by atoms with Gasteiger partial charge < -0.3 is 9.88 Å². The minimum atomic E-state index is -0.258. The number of fused-ring (bicyclic) bond motifs is 3. The number of aromatic nitrogens is 1. The van der Waals surface area contributed by atoms with Crippen LogP contribution >= 0.6 is 0 Å². The van der Waals surface area contributed by atoms with Gasteiger partial charge in [-0.2, -0.15) is 5.26 Å². The van der Waals surface area contributed by atoms with Crippen LogP contribution in [-0.2, 0) is 6.54 Å². The number of nitrogens with one attached hydrogen (secondary N) is 1. The number of hydrogen-bond acceptors (Lipinski definition) is 2. The monoisotopic (exact) mass is 347 g/mol. The third-order valence-corrected chi connectivity index (χ3v) is 5.07. The molecule has 0 saturated heterocycles. The van der Waals surface area contributed by atoms with Crippen LogP contribution in [0.3, 0.4) is 0 Å². The van der Waals surface area contributed by atoms with E-state index in [1.807, 2.05) is 23.6 Å². The molecule has 5 heteroatoms. The van der Waals surface area contributed by atoms with E-state index in [9.17, 15) is 14.4 Å². The van der Waals surface area contributed by atoms with Crippen LogP contribution in [0.15, 0.2) is 30.3 Å². The summed E-state index contributed by atoms with van der Waals surface area (Å²) in [6.07, 6.45) is 0.837. The molecule has 0 bridgehead atoms. The molecular weight excluding hydrogens is 329 g/mol. The van der Waals surface area contributed by atoms with Gasteiger partial charge in [-0.3, -0.25) is 4.79 Å². The highest BCUT2D eigenvalue weighted by Gasteiger charge is 2.24. The van der Waals surface area contributed by atoms with Crippen LogP contribution in [0.2, 0.25) is 0 Å². The summed E-state index contributed by atoms with van der Waals surface area (Å²) in [5.74, 6) is -0.345. The lowest BCUT2D eigenvalue weighted by atomic mass is 9.97. The van der Waals surface area contributed by atoms with E-state index in [1.165, 1.54) is 6.07 Å². The predicted molar refractivity (Wildman–Crippen MR) is 98.5 cm³/mol. The van der Waals surface area contributed by atoms with Crippen molar-refractivity contribution in [3.8, 4) is 17.2 Å². The Morgan fingerprint density at radius 1 is 1.23 bits per heavy atom. The Morgan fingerprint density at radius 2 is 2.04 bits per heavy atom. The van der Waals surface area contributed by atoms with E-state index in [-0.39, 0.29) is 11.7 Å². The lowest BCUT2D eigenvalue weighted by Gasteiger charge is -2.12. The van der Waals surface area contributed by atoms with Crippen LogP contribution in [0.25, 0.3) is 22.0 Å². The van der Waals surface area contributed by atoms with Crippen molar-refractivity contribution in [2.24, 2.45) is 0 Å². The number of nitrogens with zero attached hydrogens (tertiary/aromatic N) is 2. The molecule has 1 aromatic heterocycles. The molecule has 2 aromatic carbocycles. The Balaban J connectivity index is 2.12. The summed E-state index contributed by atoms with van der Waals surface area (Å²) in [6, 6.07) is 10.8. The fourth-order valence-corrected chi connectivity index (χ4v) is 3.79. The second kappa shape index (κ2) is 5.99. The molecule has 2 heterocycles. The summed E-state index contributed by atoms with van der Waals surface area (Å²) in [4.78, 5) is 12.6. The maximum atomic E-state index is 13.7. The SMILES string of the molecule is Cc1cc(-c2cc(C#N)cc3c(C)c4n(c23)CCCNC4=O)ccc1F. The fraction of sp³-hybridized carbons (Fsp3) is 0.238. The van der Waals surface area contributed by atoms with Crippen LogP contribution in [0, 0.1) is 31.0 Å². The zero-order valence-corrected chi connectivity index (χ0v) is 14.7. The standard InChI is InChI=1S/C21H18FN3O/c1-12-8-15(4-5-18(12)22)17-10-14(11-23)9-16-13(2)19-21(26)24-6-3-7-25(19)20(16)17/h4-5,8-10H,3,6-7H2,1-2H3,(H,24,26). The van der Waals surface area contributed by atoms with Crippen molar-refractivity contribution < 1.29 is 9.18 Å². The van der Waals surface area contributed by atoms with Crippen molar-refractivity contribution in [2.75, 3.05) is 6.54 Å². The molecule has 0 atom stereocenters. The van der Waals surface area contributed by atoms with Gasteiger partial charge in [0, 0.05) is 24.0 Å². The van der Waals surface area contributed by atoms with Gasteiger partial charge in [-0.05, 0) is 61.2 Å². The van der Waals surface area contributed by atoms with E-state index in [1.54, 1.807) is 19.1 Å². The van der Waals surface area contributed by atoms with Crippen molar-refractivity contribution in [1.82, 2.24) is 9.88 Å². The Labute approximate surface area is 150 Å². The van der Waals surface area contributed by atoms with Gasteiger partial charge in [0.05, 0.1) is 17.1 Å². The highest BCUT2D eigenvalue weighted by Crippen LogP contribution is 2.36. The molecule has 3 aromatic rings. The quantitative estimate of drug-likeness (QED) is 0.721. The molecule has 0 unspecified atom stereocenters. The molecular formula is C21H18FN3O. The molecule has 0 fully saturated rings. The van der Waals surface area contributed by atoms with E-state index in [4.69, 9.17) is 0 Å². The molecule has 1 aliphatic heterocycles. The van der Waals surface area contributed by atoms with Crippen LogP contribution in [0.4, 0.5) is 4.39 Å². The van der Waals surface area contributed by atoms with Gasteiger partial charge in [0.1, 0.15) is 11.5 Å². The van der Waals surface area contributed by atoms with E-state index < -0.39 is 0 Å². The Morgan fingerprint density at radius 3 is 2.77 bits per heavy atom. The van der Waals surface area contributed by atoms with Gasteiger partial charge in [0.25, 0.3) is 5.91 Å². The van der Waals surface area contributed by atoms with E-state index in [2.05, 4.69) is 11.4 Å². The summed E-state index contributed by atoms with van der Waals surface area (Å²) in [5, 5.41) is 13.3. The molecule has 0 aliphatic carbocycles. The molecule has 130 valence electrons. The first kappa shape index (κ1) is 16.3. The molecule has 0 saturated carbocycles. The number of aryl methyl sites for hydroxylation is 3. The molecule has 1 aliphatic rings. The molecule has 26 heavy (non-hydrogen) atoms. The number of amides is 1. The summed E-state index contributed by atoms with van der Waals surface area (Å²) in [6.45, 7) is 5.00. The van der Waals surface area contributed by atoms with Gasteiger partial charge >= 0.3 is 0 Å². The molecule has 0 radical (unpaired) electrons.